The van der Waals surface area contributed by atoms with E-state index in [1.807, 2.05) is 0 Å². The summed E-state index contributed by atoms with van der Waals surface area (Å²) in [4.78, 5) is 13.9. The van der Waals surface area contributed by atoms with Crippen molar-refractivity contribution in [1.29, 1.82) is 0 Å². The summed E-state index contributed by atoms with van der Waals surface area (Å²) >= 11 is 0. The van der Waals surface area contributed by atoms with E-state index in [-0.39, 0.29) is 11.9 Å². The van der Waals surface area contributed by atoms with Gasteiger partial charge >= 0.3 is 5.97 Å². The Balaban J connectivity index is 2.34. The van der Waals surface area contributed by atoms with Crippen molar-refractivity contribution in [1.82, 2.24) is 4.90 Å². The summed E-state index contributed by atoms with van der Waals surface area (Å²) in [5.74, 6) is -0.0696. The van der Waals surface area contributed by atoms with E-state index in [1.165, 1.54) is 19.1 Å². The molecule has 0 aromatic carbocycles. The lowest BCUT2D eigenvalue weighted by atomic mass is 9.98. The van der Waals surface area contributed by atoms with Crippen LogP contribution in [0, 0.1) is 5.92 Å². The molecule has 0 aliphatic carbocycles. The fourth-order valence-electron chi connectivity index (χ4n) is 2.01. The van der Waals surface area contributed by atoms with Crippen LogP contribution in [0.5, 0.6) is 0 Å². The maximum atomic E-state index is 11.5. The third-order valence-electron chi connectivity index (χ3n) is 2.87. The number of unbranched alkanes of at least 4 members (excludes halogenated alkanes) is 1. The van der Waals surface area contributed by atoms with Gasteiger partial charge in [0.05, 0.1) is 12.2 Å². The SMILES string of the molecule is C=COC(=O)C1CCCN(CCCC)C1. The number of carbonyl (C=O) groups excluding carboxylic acids is 1. The number of ether oxygens (including phenoxy) is 1. The van der Waals surface area contributed by atoms with E-state index in [0.29, 0.717) is 0 Å². The standard InChI is InChI=1S/C12H21NO2/c1-3-5-8-13-9-6-7-11(10-13)12(14)15-4-2/h4,11H,2-3,5-10H2,1H3. The Morgan fingerprint density at radius 3 is 3.13 bits per heavy atom. The molecule has 0 radical (unpaired) electrons. The first-order chi connectivity index (χ1) is 7.27. The molecule has 1 aliphatic heterocycles. The van der Waals surface area contributed by atoms with Crippen LogP contribution in [0.4, 0.5) is 0 Å². The average molecular weight is 211 g/mol. The average Bonchev–Trinajstić information content (AvgIpc) is 2.27. The summed E-state index contributed by atoms with van der Waals surface area (Å²) in [5.41, 5.74) is 0. The second kappa shape index (κ2) is 6.62. The van der Waals surface area contributed by atoms with E-state index in [9.17, 15) is 4.79 Å². The molecule has 1 fully saturated rings. The monoisotopic (exact) mass is 211 g/mol. The molecule has 0 N–H and O–H groups in total. The number of likely N-dealkylation sites (tertiary alicyclic amines) is 1. The van der Waals surface area contributed by atoms with E-state index in [1.54, 1.807) is 0 Å². The predicted octanol–water partition coefficient (Wildman–Crippen LogP) is 2.19. The molecule has 1 aliphatic rings. The van der Waals surface area contributed by atoms with Crippen molar-refractivity contribution in [2.75, 3.05) is 19.6 Å². The predicted molar refractivity (Wildman–Crippen MR) is 60.4 cm³/mol. The zero-order valence-electron chi connectivity index (χ0n) is 9.58. The molecule has 0 spiro atoms. The Morgan fingerprint density at radius 2 is 2.47 bits per heavy atom. The highest BCUT2D eigenvalue weighted by Crippen LogP contribution is 2.18. The maximum Gasteiger partial charge on any atom is 0.315 e. The molecular formula is C12H21NO2. The van der Waals surface area contributed by atoms with E-state index >= 15 is 0 Å². The van der Waals surface area contributed by atoms with Gasteiger partial charge in [0.2, 0.25) is 0 Å². The molecule has 3 nitrogen and oxygen atoms in total. The van der Waals surface area contributed by atoms with Gasteiger partial charge in [0.15, 0.2) is 0 Å². The van der Waals surface area contributed by atoms with Gasteiger partial charge in [-0.1, -0.05) is 19.9 Å². The van der Waals surface area contributed by atoms with Gasteiger partial charge in [-0.25, -0.2) is 0 Å². The first-order valence-corrected chi connectivity index (χ1v) is 5.81. The molecule has 1 unspecified atom stereocenters. The van der Waals surface area contributed by atoms with E-state index in [2.05, 4.69) is 18.4 Å². The molecule has 0 bridgehead atoms. The summed E-state index contributed by atoms with van der Waals surface area (Å²) in [5, 5.41) is 0. The summed E-state index contributed by atoms with van der Waals surface area (Å²) < 4.78 is 4.83. The molecule has 1 atom stereocenters. The topological polar surface area (TPSA) is 29.5 Å². The number of piperidine rings is 1. The van der Waals surface area contributed by atoms with E-state index in [0.717, 1.165) is 32.5 Å². The summed E-state index contributed by atoms with van der Waals surface area (Å²) in [7, 11) is 0. The fraction of sp³-hybridized carbons (Fsp3) is 0.750. The van der Waals surface area contributed by atoms with Crippen molar-refractivity contribution in [2.24, 2.45) is 5.92 Å². The number of esters is 1. The van der Waals surface area contributed by atoms with Crippen molar-refractivity contribution >= 4 is 5.97 Å². The third kappa shape index (κ3) is 4.04. The van der Waals surface area contributed by atoms with Crippen LogP contribution in [0.25, 0.3) is 0 Å². The van der Waals surface area contributed by atoms with Gasteiger partial charge in [0, 0.05) is 6.54 Å². The zero-order chi connectivity index (χ0) is 11.1. The quantitative estimate of drug-likeness (QED) is 0.515. The second-order valence-corrected chi connectivity index (χ2v) is 4.10. The highest BCUT2D eigenvalue weighted by molar-refractivity contribution is 5.73. The minimum absolute atomic E-state index is 0.0496. The summed E-state index contributed by atoms with van der Waals surface area (Å²) in [6, 6.07) is 0. The highest BCUT2D eigenvalue weighted by Gasteiger charge is 2.26. The molecule has 0 amide bonds. The lowest BCUT2D eigenvalue weighted by Gasteiger charge is -2.31. The molecule has 15 heavy (non-hydrogen) atoms. The van der Waals surface area contributed by atoms with Gasteiger partial charge in [0.25, 0.3) is 0 Å². The van der Waals surface area contributed by atoms with Crippen LogP contribution in [0.3, 0.4) is 0 Å². The first-order valence-electron chi connectivity index (χ1n) is 5.81. The minimum atomic E-state index is -0.119. The zero-order valence-corrected chi connectivity index (χ0v) is 9.58. The van der Waals surface area contributed by atoms with Crippen molar-refractivity contribution < 1.29 is 9.53 Å². The molecule has 0 aromatic heterocycles. The van der Waals surface area contributed by atoms with E-state index in [4.69, 9.17) is 4.74 Å². The van der Waals surface area contributed by atoms with Gasteiger partial charge in [-0.3, -0.25) is 4.79 Å². The van der Waals surface area contributed by atoms with E-state index < -0.39 is 0 Å². The van der Waals surface area contributed by atoms with Crippen LogP contribution in [0.1, 0.15) is 32.6 Å². The number of hydrogen-bond acceptors (Lipinski definition) is 3. The summed E-state index contributed by atoms with van der Waals surface area (Å²) in [6.45, 7) is 8.68. The lowest BCUT2D eigenvalue weighted by molar-refractivity contribution is -0.144. The van der Waals surface area contributed by atoms with Crippen molar-refractivity contribution in [3.05, 3.63) is 12.8 Å². The van der Waals surface area contributed by atoms with Gasteiger partial charge < -0.3 is 9.64 Å². The van der Waals surface area contributed by atoms with Crippen LogP contribution >= 0.6 is 0 Å². The minimum Gasteiger partial charge on any atom is -0.435 e. The number of nitrogens with zero attached hydrogens (tertiary/aromatic N) is 1. The molecule has 0 aromatic rings. The fourth-order valence-corrected chi connectivity index (χ4v) is 2.01. The van der Waals surface area contributed by atoms with Crippen LogP contribution in [-0.4, -0.2) is 30.5 Å². The molecule has 1 rings (SSSR count). The normalized spacial score (nSPS) is 22.3. The molecule has 0 saturated carbocycles. The van der Waals surface area contributed by atoms with Gasteiger partial charge in [-0.05, 0) is 32.4 Å². The van der Waals surface area contributed by atoms with Crippen molar-refractivity contribution in [3.63, 3.8) is 0 Å². The van der Waals surface area contributed by atoms with Crippen LogP contribution < -0.4 is 0 Å². The largest absolute Gasteiger partial charge is 0.435 e. The molecular weight excluding hydrogens is 190 g/mol. The van der Waals surface area contributed by atoms with Crippen molar-refractivity contribution in [2.45, 2.75) is 32.6 Å². The third-order valence-corrected chi connectivity index (χ3v) is 2.87. The summed E-state index contributed by atoms with van der Waals surface area (Å²) in [6.07, 6.45) is 5.70. The van der Waals surface area contributed by atoms with Gasteiger partial charge in [0.1, 0.15) is 0 Å². The smallest absolute Gasteiger partial charge is 0.315 e. The lowest BCUT2D eigenvalue weighted by Crippen LogP contribution is -2.39. The Labute approximate surface area is 92.1 Å². The van der Waals surface area contributed by atoms with Crippen molar-refractivity contribution in [3.8, 4) is 0 Å². The molecule has 1 heterocycles. The van der Waals surface area contributed by atoms with Gasteiger partial charge in [-0.2, -0.15) is 0 Å². The Morgan fingerprint density at radius 1 is 1.67 bits per heavy atom. The second-order valence-electron chi connectivity index (χ2n) is 4.10. The number of rotatable bonds is 5. The first kappa shape index (κ1) is 12.2. The Bertz CT molecular complexity index is 216. The van der Waals surface area contributed by atoms with Gasteiger partial charge in [-0.15, -0.1) is 0 Å². The van der Waals surface area contributed by atoms with Crippen LogP contribution in [0.15, 0.2) is 12.8 Å². The molecule has 86 valence electrons. The number of carbonyl (C=O) groups is 1. The van der Waals surface area contributed by atoms with Crippen LogP contribution in [-0.2, 0) is 9.53 Å². The van der Waals surface area contributed by atoms with Crippen LogP contribution in [0.2, 0.25) is 0 Å². The Kier molecular flexibility index (Phi) is 5.40. The highest BCUT2D eigenvalue weighted by atomic mass is 16.5. The molecule has 3 heteroatoms. The Hall–Kier alpha value is -0.830. The maximum absolute atomic E-state index is 11.5. The molecule has 1 saturated heterocycles. The number of hydrogen-bond donors (Lipinski definition) is 0.